The number of fused-ring (bicyclic) bond motifs is 2. The Hall–Kier alpha value is -5.51. The molecular weight excluding hydrogens is 644 g/mol. The highest BCUT2D eigenvalue weighted by molar-refractivity contribution is 6.03. The molecule has 1 fully saturated rings. The normalized spacial score (nSPS) is 16.7. The van der Waals surface area contributed by atoms with E-state index >= 15 is 0 Å². The number of alkyl carbamates (subject to hydrolysis) is 1. The van der Waals surface area contributed by atoms with Gasteiger partial charge in [-0.1, -0.05) is 36.4 Å². The number of pyridine rings is 2. The summed E-state index contributed by atoms with van der Waals surface area (Å²) in [7, 11) is 0. The second-order valence-corrected chi connectivity index (χ2v) is 14.3. The van der Waals surface area contributed by atoms with Crippen LogP contribution in [0.15, 0.2) is 91.4 Å². The number of carbonyl (C=O) groups is 3. The van der Waals surface area contributed by atoms with Crippen molar-refractivity contribution in [1.82, 2.24) is 20.6 Å². The second kappa shape index (κ2) is 15.6. The standard InChI is InChI=1S/C41H44N4O6/c1-41(2,3)51-40(49)44-23-26-4-7-29(8-5-26)38(46)45-33(21-27-6-9-32-24-42-18-16-31(32)20-27)25-50-34-13-10-28(11-14-34)30-12-15-37-36(22-30)35(39(47)48)17-19-43-37/h6,9-20,22,24,26,29,33H,4-5,7-8,21,23,25H2,1-3H3,(H,44,49)(H,45,46)(H,47,48)/t26?,29?,33-/m1/s1. The summed E-state index contributed by atoms with van der Waals surface area (Å²) in [6.45, 7) is 6.34. The van der Waals surface area contributed by atoms with E-state index in [1.165, 1.54) is 12.3 Å². The number of aromatic nitrogens is 2. The Labute approximate surface area is 297 Å². The molecule has 6 rings (SSSR count). The largest absolute Gasteiger partial charge is 0.491 e. The first-order valence-electron chi connectivity index (χ1n) is 17.5. The Morgan fingerprint density at radius 3 is 2.39 bits per heavy atom. The lowest BCUT2D eigenvalue weighted by molar-refractivity contribution is -0.127. The van der Waals surface area contributed by atoms with E-state index < -0.39 is 17.7 Å². The van der Waals surface area contributed by atoms with Gasteiger partial charge in [-0.15, -0.1) is 0 Å². The molecule has 5 aromatic rings. The van der Waals surface area contributed by atoms with Crippen molar-refractivity contribution in [1.29, 1.82) is 0 Å². The Morgan fingerprint density at radius 1 is 0.882 bits per heavy atom. The summed E-state index contributed by atoms with van der Waals surface area (Å²) in [5.74, 6) is -0.110. The number of carbonyl (C=O) groups excluding carboxylic acids is 2. The van der Waals surface area contributed by atoms with Crippen LogP contribution in [0, 0.1) is 11.8 Å². The third kappa shape index (κ3) is 9.39. The maximum atomic E-state index is 13.6. The number of hydrogen-bond donors (Lipinski definition) is 3. The molecule has 1 aliphatic carbocycles. The lowest BCUT2D eigenvalue weighted by Crippen LogP contribution is -2.44. The highest BCUT2D eigenvalue weighted by Crippen LogP contribution is 2.30. The van der Waals surface area contributed by atoms with Gasteiger partial charge in [-0.3, -0.25) is 14.8 Å². The van der Waals surface area contributed by atoms with E-state index in [4.69, 9.17) is 9.47 Å². The van der Waals surface area contributed by atoms with Crippen molar-refractivity contribution in [3.63, 3.8) is 0 Å². The summed E-state index contributed by atoms with van der Waals surface area (Å²) in [5, 5.41) is 18.5. The number of ether oxygens (including phenoxy) is 2. The van der Waals surface area contributed by atoms with Crippen molar-refractivity contribution in [2.75, 3.05) is 13.2 Å². The summed E-state index contributed by atoms with van der Waals surface area (Å²) < 4.78 is 11.6. The molecule has 0 aliphatic heterocycles. The van der Waals surface area contributed by atoms with Crippen LogP contribution < -0.4 is 15.4 Å². The first kappa shape index (κ1) is 35.3. The fourth-order valence-electron chi connectivity index (χ4n) is 6.64. The first-order chi connectivity index (χ1) is 24.5. The highest BCUT2D eigenvalue weighted by Gasteiger charge is 2.28. The molecule has 3 aromatic carbocycles. The number of benzene rings is 3. The minimum Gasteiger partial charge on any atom is -0.491 e. The van der Waals surface area contributed by atoms with Crippen LogP contribution in [0.4, 0.5) is 4.79 Å². The zero-order valence-corrected chi connectivity index (χ0v) is 29.2. The number of carboxylic acid groups (broad SMARTS) is 1. The zero-order chi connectivity index (χ0) is 36.0. The number of hydrogen-bond acceptors (Lipinski definition) is 7. The SMILES string of the molecule is CC(C)(C)OC(=O)NCC1CCC(C(=O)N[C@@H](COc2ccc(-c3ccc4nccc(C(=O)O)c4c3)cc2)Cc2ccc3cnccc3c2)CC1. The topological polar surface area (TPSA) is 140 Å². The first-order valence-corrected chi connectivity index (χ1v) is 17.5. The van der Waals surface area contributed by atoms with Crippen LogP contribution in [-0.4, -0.2) is 57.8 Å². The van der Waals surface area contributed by atoms with Gasteiger partial charge < -0.3 is 25.2 Å². The molecule has 2 aromatic heterocycles. The van der Waals surface area contributed by atoms with E-state index in [1.54, 1.807) is 6.20 Å². The van der Waals surface area contributed by atoms with E-state index in [1.807, 2.05) is 81.6 Å². The molecule has 0 bridgehead atoms. The predicted molar refractivity (Wildman–Crippen MR) is 197 cm³/mol. The van der Waals surface area contributed by atoms with Gasteiger partial charge in [-0.2, -0.15) is 0 Å². The van der Waals surface area contributed by atoms with Crippen LogP contribution in [0.5, 0.6) is 5.75 Å². The fourth-order valence-corrected chi connectivity index (χ4v) is 6.64. The zero-order valence-electron chi connectivity index (χ0n) is 29.2. The minimum atomic E-state index is -0.995. The van der Waals surface area contributed by atoms with Gasteiger partial charge in [0.05, 0.1) is 17.1 Å². The fraction of sp³-hybridized carbons (Fsp3) is 0.341. The Balaban J connectivity index is 1.10. The van der Waals surface area contributed by atoms with Crippen LogP contribution in [0.1, 0.15) is 62.4 Å². The van der Waals surface area contributed by atoms with Crippen LogP contribution in [0.2, 0.25) is 0 Å². The lowest BCUT2D eigenvalue weighted by Gasteiger charge is -2.30. The smallest absolute Gasteiger partial charge is 0.407 e. The Morgan fingerprint density at radius 2 is 1.65 bits per heavy atom. The van der Waals surface area contributed by atoms with Crippen molar-refractivity contribution >= 4 is 39.6 Å². The van der Waals surface area contributed by atoms with Gasteiger partial charge in [0.25, 0.3) is 0 Å². The van der Waals surface area contributed by atoms with Crippen molar-refractivity contribution in [2.24, 2.45) is 11.8 Å². The van der Waals surface area contributed by atoms with Crippen molar-refractivity contribution in [2.45, 2.75) is 64.5 Å². The third-order valence-corrected chi connectivity index (χ3v) is 9.30. The summed E-state index contributed by atoms with van der Waals surface area (Å²) in [5.41, 5.74) is 3.16. The van der Waals surface area contributed by atoms with E-state index in [0.717, 1.165) is 53.1 Å². The van der Waals surface area contributed by atoms with E-state index in [2.05, 4.69) is 32.7 Å². The Kier molecular flexibility index (Phi) is 10.8. The van der Waals surface area contributed by atoms with Gasteiger partial charge in [0.2, 0.25) is 5.91 Å². The molecule has 0 saturated heterocycles. The van der Waals surface area contributed by atoms with Gasteiger partial charge in [-0.05, 0) is 117 Å². The molecule has 3 N–H and O–H groups in total. The van der Waals surface area contributed by atoms with Crippen LogP contribution in [0.3, 0.4) is 0 Å². The molecule has 1 saturated carbocycles. The quantitative estimate of drug-likeness (QED) is 0.129. The molecule has 2 amide bonds. The molecule has 10 nitrogen and oxygen atoms in total. The van der Waals surface area contributed by atoms with Gasteiger partial charge >= 0.3 is 12.1 Å². The van der Waals surface area contributed by atoms with Gasteiger partial charge in [0.1, 0.15) is 18.0 Å². The average Bonchev–Trinajstić information content (AvgIpc) is 3.12. The van der Waals surface area contributed by atoms with Gasteiger partial charge in [0.15, 0.2) is 0 Å². The number of carboxylic acids is 1. The highest BCUT2D eigenvalue weighted by atomic mass is 16.6. The van der Waals surface area contributed by atoms with E-state index in [9.17, 15) is 19.5 Å². The number of nitrogens with one attached hydrogen (secondary N) is 2. The number of rotatable bonds is 11. The molecule has 1 aliphatic rings. The number of amides is 2. The van der Waals surface area contributed by atoms with Crippen LogP contribution in [0.25, 0.3) is 32.8 Å². The molecule has 1 atom stereocenters. The molecule has 10 heteroatoms. The summed E-state index contributed by atoms with van der Waals surface area (Å²) >= 11 is 0. The van der Waals surface area contributed by atoms with Crippen molar-refractivity contribution in [3.8, 4) is 16.9 Å². The lowest BCUT2D eigenvalue weighted by atomic mass is 9.81. The number of nitrogens with zero attached hydrogens (tertiary/aromatic N) is 2. The second-order valence-electron chi connectivity index (χ2n) is 14.3. The third-order valence-electron chi connectivity index (χ3n) is 9.30. The van der Waals surface area contributed by atoms with E-state index in [-0.39, 0.29) is 30.0 Å². The summed E-state index contributed by atoms with van der Waals surface area (Å²) in [4.78, 5) is 46.0. The molecule has 264 valence electrons. The van der Waals surface area contributed by atoms with Gasteiger partial charge in [0, 0.05) is 41.8 Å². The van der Waals surface area contributed by atoms with Crippen molar-refractivity contribution in [3.05, 3.63) is 103 Å². The molecule has 0 radical (unpaired) electrons. The molecule has 51 heavy (non-hydrogen) atoms. The molecule has 0 spiro atoms. The van der Waals surface area contributed by atoms with Crippen molar-refractivity contribution < 1.29 is 29.0 Å². The van der Waals surface area contributed by atoms with Crippen LogP contribution >= 0.6 is 0 Å². The number of aromatic carboxylic acids is 1. The molecule has 0 unspecified atom stereocenters. The minimum absolute atomic E-state index is 0.0222. The molecular formula is C41H44N4O6. The summed E-state index contributed by atoms with van der Waals surface area (Å²) in [6.07, 6.45) is 8.51. The molecule has 2 heterocycles. The summed E-state index contributed by atoms with van der Waals surface area (Å²) in [6, 6.07) is 22.7. The van der Waals surface area contributed by atoms with Gasteiger partial charge in [-0.25, -0.2) is 9.59 Å². The monoisotopic (exact) mass is 688 g/mol. The van der Waals surface area contributed by atoms with E-state index in [0.29, 0.717) is 35.5 Å². The predicted octanol–water partition coefficient (Wildman–Crippen LogP) is 7.59. The maximum absolute atomic E-state index is 13.6. The van der Waals surface area contributed by atoms with Crippen LogP contribution in [-0.2, 0) is 16.0 Å². The Bertz CT molecular complexity index is 2020. The maximum Gasteiger partial charge on any atom is 0.407 e. The average molecular weight is 689 g/mol.